The van der Waals surface area contributed by atoms with Gasteiger partial charge in [-0.2, -0.15) is 0 Å². The topological polar surface area (TPSA) is 83.2 Å². The van der Waals surface area contributed by atoms with Crippen LogP contribution in [0.25, 0.3) is 5.76 Å². The van der Waals surface area contributed by atoms with Crippen LogP contribution in [0, 0.1) is 6.92 Å². The first kappa shape index (κ1) is 21.0. The molecule has 1 saturated heterocycles. The predicted molar refractivity (Wildman–Crippen MR) is 109 cm³/mol. The van der Waals surface area contributed by atoms with Gasteiger partial charge in [-0.1, -0.05) is 11.6 Å². The molecule has 3 rings (SSSR count). The van der Waals surface area contributed by atoms with Crippen LogP contribution in [0.5, 0.6) is 5.75 Å². The first-order valence-corrected chi connectivity index (χ1v) is 9.45. The Labute approximate surface area is 174 Å². The van der Waals surface area contributed by atoms with E-state index in [2.05, 4.69) is 0 Å². The van der Waals surface area contributed by atoms with Crippen molar-refractivity contribution in [3.8, 4) is 5.75 Å². The second-order valence-corrected chi connectivity index (χ2v) is 7.53. The van der Waals surface area contributed by atoms with Gasteiger partial charge in [0.05, 0.1) is 18.2 Å². The van der Waals surface area contributed by atoms with Gasteiger partial charge in [-0.25, -0.2) is 0 Å². The van der Waals surface area contributed by atoms with E-state index in [1.807, 2.05) is 19.0 Å². The number of halogens is 1. The van der Waals surface area contributed by atoms with Gasteiger partial charge in [0.25, 0.3) is 11.7 Å². The summed E-state index contributed by atoms with van der Waals surface area (Å²) in [4.78, 5) is 29.0. The van der Waals surface area contributed by atoms with Crippen LogP contribution in [0.3, 0.4) is 0 Å². The molecule has 0 bridgehead atoms. The van der Waals surface area contributed by atoms with Crippen LogP contribution in [0.4, 0.5) is 0 Å². The minimum absolute atomic E-state index is 0.0522. The molecular weight excluding hydrogens is 396 g/mol. The number of Topliss-reactive ketones (excluding diaryl/α,β-unsaturated/α-hetero) is 1. The molecule has 1 amide bonds. The number of likely N-dealkylation sites (N-methyl/N-ethyl adjacent to an activating group) is 1. The smallest absolute Gasteiger partial charge is 0.295 e. The molecule has 1 N–H and O–H groups in total. The minimum Gasteiger partial charge on any atom is -0.507 e. The summed E-state index contributed by atoms with van der Waals surface area (Å²) in [6.45, 7) is 2.62. The van der Waals surface area contributed by atoms with Crippen LogP contribution in [-0.2, 0) is 9.59 Å². The lowest BCUT2D eigenvalue weighted by atomic mass is 9.99. The van der Waals surface area contributed by atoms with Crippen molar-refractivity contribution in [2.24, 2.45) is 0 Å². The molecule has 1 aromatic heterocycles. The van der Waals surface area contributed by atoms with Crippen LogP contribution < -0.4 is 4.74 Å². The van der Waals surface area contributed by atoms with E-state index < -0.39 is 17.7 Å². The van der Waals surface area contributed by atoms with Crippen molar-refractivity contribution in [2.45, 2.75) is 13.0 Å². The Morgan fingerprint density at radius 3 is 2.59 bits per heavy atom. The molecule has 1 aliphatic heterocycles. The molecular formula is C21H23ClN2O5. The molecule has 0 saturated carbocycles. The quantitative estimate of drug-likeness (QED) is 0.440. The number of aliphatic hydroxyl groups is 1. The number of hydrogen-bond donors (Lipinski definition) is 1. The number of methoxy groups -OCH3 is 1. The van der Waals surface area contributed by atoms with Crippen molar-refractivity contribution in [1.29, 1.82) is 0 Å². The number of ether oxygens (including phenoxy) is 1. The third kappa shape index (κ3) is 4.02. The van der Waals surface area contributed by atoms with E-state index >= 15 is 0 Å². The molecule has 2 heterocycles. The molecule has 7 nitrogen and oxygen atoms in total. The normalized spacial score (nSPS) is 18.7. The number of likely N-dealkylation sites (tertiary alicyclic amines) is 1. The molecule has 1 aliphatic rings. The summed E-state index contributed by atoms with van der Waals surface area (Å²) in [6, 6.07) is 7.31. The highest BCUT2D eigenvalue weighted by atomic mass is 35.5. The number of aliphatic hydroxyl groups excluding tert-OH is 1. The first-order chi connectivity index (χ1) is 13.7. The maximum absolute atomic E-state index is 12.9. The largest absolute Gasteiger partial charge is 0.507 e. The van der Waals surface area contributed by atoms with Gasteiger partial charge in [0.2, 0.25) is 0 Å². The molecule has 0 spiro atoms. The van der Waals surface area contributed by atoms with Gasteiger partial charge in [0, 0.05) is 18.1 Å². The molecule has 1 aromatic carbocycles. The summed E-state index contributed by atoms with van der Waals surface area (Å²) in [5.41, 5.74) is 0.183. The number of carbonyl (C=O) groups is 2. The lowest BCUT2D eigenvalue weighted by Crippen LogP contribution is -2.35. The Bertz CT molecular complexity index is 979. The molecule has 154 valence electrons. The second-order valence-electron chi connectivity index (χ2n) is 7.09. The van der Waals surface area contributed by atoms with E-state index in [0.29, 0.717) is 35.4 Å². The molecule has 1 unspecified atom stereocenters. The minimum atomic E-state index is -0.840. The van der Waals surface area contributed by atoms with Crippen LogP contribution in [-0.4, -0.2) is 60.9 Å². The van der Waals surface area contributed by atoms with E-state index in [0.717, 1.165) is 0 Å². The lowest BCUT2D eigenvalue weighted by Gasteiger charge is -2.24. The molecule has 0 radical (unpaired) electrons. The number of carbonyl (C=O) groups excluding carboxylic acids is 2. The number of benzene rings is 1. The van der Waals surface area contributed by atoms with Gasteiger partial charge in [-0.05, 0) is 51.4 Å². The summed E-state index contributed by atoms with van der Waals surface area (Å²) in [5.74, 6) is -0.438. The van der Waals surface area contributed by atoms with E-state index in [1.165, 1.54) is 18.1 Å². The maximum atomic E-state index is 12.9. The molecule has 1 atom stereocenters. The van der Waals surface area contributed by atoms with Gasteiger partial charge >= 0.3 is 0 Å². The summed E-state index contributed by atoms with van der Waals surface area (Å²) in [5, 5.41) is 11.4. The average Bonchev–Trinajstić information content (AvgIpc) is 3.21. The van der Waals surface area contributed by atoms with Crippen molar-refractivity contribution in [1.82, 2.24) is 9.80 Å². The Hall–Kier alpha value is -2.77. The molecule has 29 heavy (non-hydrogen) atoms. The molecule has 8 heteroatoms. The zero-order valence-corrected chi connectivity index (χ0v) is 17.5. The number of aryl methyl sites for hydroxylation is 1. The zero-order chi connectivity index (χ0) is 21.3. The highest BCUT2D eigenvalue weighted by molar-refractivity contribution is 6.46. The van der Waals surface area contributed by atoms with Crippen molar-refractivity contribution in [3.05, 3.63) is 58.0 Å². The number of ketones is 1. The van der Waals surface area contributed by atoms with Crippen LogP contribution >= 0.6 is 11.6 Å². The average molecular weight is 419 g/mol. The Morgan fingerprint density at radius 1 is 1.28 bits per heavy atom. The Balaban J connectivity index is 2.19. The third-order valence-electron chi connectivity index (χ3n) is 4.78. The predicted octanol–water partition coefficient (Wildman–Crippen LogP) is 3.23. The lowest BCUT2D eigenvalue weighted by molar-refractivity contribution is -0.140. The first-order valence-electron chi connectivity index (χ1n) is 9.08. The number of nitrogens with zero attached hydrogens (tertiary/aromatic N) is 2. The SMILES string of the molecule is COc1ccc(Cl)cc1/C(O)=C1\C(=O)C(=O)N(CCN(C)C)C1c1ccc(C)o1. The number of furan rings is 1. The summed E-state index contributed by atoms with van der Waals surface area (Å²) < 4.78 is 11.0. The van der Waals surface area contributed by atoms with E-state index in [1.54, 1.807) is 31.2 Å². The van der Waals surface area contributed by atoms with Gasteiger partial charge < -0.3 is 24.1 Å². The summed E-state index contributed by atoms with van der Waals surface area (Å²) in [7, 11) is 5.20. The maximum Gasteiger partial charge on any atom is 0.295 e. The van der Waals surface area contributed by atoms with Crippen molar-refractivity contribution in [2.75, 3.05) is 34.3 Å². The van der Waals surface area contributed by atoms with Crippen molar-refractivity contribution >= 4 is 29.1 Å². The fraction of sp³-hybridized carbons (Fsp3) is 0.333. The molecule has 0 aliphatic carbocycles. The Morgan fingerprint density at radius 2 is 2.00 bits per heavy atom. The summed E-state index contributed by atoms with van der Waals surface area (Å²) >= 11 is 6.08. The fourth-order valence-electron chi connectivity index (χ4n) is 3.32. The van der Waals surface area contributed by atoms with Crippen molar-refractivity contribution < 1.29 is 23.8 Å². The van der Waals surface area contributed by atoms with Crippen LogP contribution in [0.1, 0.15) is 23.1 Å². The number of rotatable bonds is 6. The second kappa shape index (κ2) is 8.31. The van der Waals surface area contributed by atoms with Crippen LogP contribution in [0.15, 0.2) is 40.3 Å². The third-order valence-corrected chi connectivity index (χ3v) is 5.01. The Kier molecular flexibility index (Phi) is 6.00. The number of hydrogen-bond acceptors (Lipinski definition) is 6. The highest BCUT2D eigenvalue weighted by Gasteiger charge is 2.47. The van der Waals surface area contributed by atoms with E-state index in [4.69, 9.17) is 20.8 Å². The monoisotopic (exact) mass is 418 g/mol. The van der Waals surface area contributed by atoms with Gasteiger partial charge in [-0.3, -0.25) is 9.59 Å². The van der Waals surface area contributed by atoms with E-state index in [9.17, 15) is 14.7 Å². The summed E-state index contributed by atoms with van der Waals surface area (Å²) in [6.07, 6.45) is 0. The fourth-order valence-corrected chi connectivity index (χ4v) is 3.50. The highest BCUT2D eigenvalue weighted by Crippen LogP contribution is 2.41. The van der Waals surface area contributed by atoms with Gasteiger partial charge in [0.15, 0.2) is 0 Å². The van der Waals surface area contributed by atoms with Gasteiger partial charge in [-0.15, -0.1) is 0 Å². The van der Waals surface area contributed by atoms with Gasteiger partial charge in [0.1, 0.15) is 29.1 Å². The standard InChI is InChI=1S/C21H23ClN2O5/c1-12-5-7-16(29-12)18-17(20(26)21(27)24(18)10-9-23(2)3)19(25)14-11-13(22)6-8-15(14)28-4/h5-8,11,18,25H,9-10H2,1-4H3/b19-17+. The van der Waals surface area contributed by atoms with E-state index in [-0.39, 0.29) is 16.9 Å². The van der Waals surface area contributed by atoms with Crippen LogP contribution in [0.2, 0.25) is 5.02 Å². The molecule has 1 fully saturated rings. The van der Waals surface area contributed by atoms with Crippen molar-refractivity contribution in [3.63, 3.8) is 0 Å². The molecule has 2 aromatic rings. The zero-order valence-electron chi connectivity index (χ0n) is 16.7. The number of amides is 1.